The molecule has 2 aromatic heterocycles. The van der Waals surface area contributed by atoms with Gasteiger partial charge in [-0.2, -0.15) is 20.1 Å². The first-order valence-corrected chi connectivity index (χ1v) is 7.68. The number of anilines is 1. The van der Waals surface area contributed by atoms with Crippen LogP contribution in [0.1, 0.15) is 26.7 Å². The maximum atomic E-state index is 6.04. The first-order valence-electron chi connectivity index (χ1n) is 7.30. The van der Waals surface area contributed by atoms with Crippen molar-refractivity contribution in [3.05, 3.63) is 23.7 Å². The van der Waals surface area contributed by atoms with Crippen LogP contribution in [-0.2, 0) is 0 Å². The van der Waals surface area contributed by atoms with Crippen LogP contribution in [0.25, 0.3) is 5.95 Å². The summed E-state index contributed by atoms with van der Waals surface area (Å²) in [6.45, 7) is 6.50. The molecule has 0 amide bonds. The van der Waals surface area contributed by atoms with Gasteiger partial charge in [-0.3, -0.25) is 0 Å². The molecule has 1 aliphatic rings. The Morgan fingerprint density at radius 2 is 1.86 bits per heavy atom. The number of hydrogen-bond donors (Lipinski definition) is 0. The summed E-state index contributed by atoms with van der Waals surface area (Å²) in [4.78, 5) is 15.1. The van der Waals surface area contributed by atoms with Crippen LogP contribution in [0.5, 0.6) is 0 Å². The Balaban J connectivity index is 1.80. The van der Waals surface area contributed by atoms with Gasteiger partial charge in [0.2, 0.25) is 11.2 Å². The molecule has 3 heterocycles. The normalized spacial score (nSPS) is 16.7. The largest absolute Gasteiger partial charge is 0.341 e. The van der Waals surface area contributed by atoms with Gasteiger partial charge in [0.1, 0.15) is 0 Å². The van der Waals surface area contributed by atoms with Crippen molar-refractivity contribution < 1.29 is 0 Å². The summed E-state index contributed by atoms with van der Waals surface area (Å²) in [7, 11) is 0. The first-order chi connectivity index (χ1) is 10.1. The molecular weight excluding hydrogens is 288 g/mol. The fourth-order valence-corrected chi connectivity index (χ4v) is 2.88. The Bertz CT molecular complexity index is 590. The van der Waals surface area contributed by atoms with Crippen molar-refractivity contribution in [2.75, 3.05) is 18.0 Å². The van der Waals surface area contributed by atoms with E-state index in [4.69, 9.17) is 11.6 Å². The predicted molar refractivity (Wildman–Crippen MR) is 81.7 cm³/mol. The predicted octanol–water partition coefficient (Wildman–Crippen LogP) is 2.58. The van der Waals surface area contributed by atoms with Crippen LogP contribution in [0, 0.1) is 11.8 Å². The van der Waals surface area contributed by atoms with Gasteiger partial charge in [-0.25, -0.2) is 4.68 Å². The lowest BCUT2D eigenvalue weighted by Crippen LogP contribution is -2.36. The fraction of sp³-hybridized carbons (Fsp3) is 0.571. The van der Waals surface area contributed by atoms with Crippen LogP contribution in [0.4, 0.5) is 5.95 Å². The molecule has 1 fully saturated rings. The molecule has 3 rings (SSSR count). The van der Waals surface area contributed by atoms with Crippen LogP contribution in [0.15, 0.2) is 18.5 Å². The van der Waals surface area contributed by atoms with Crippen LogP contribution < -0.4 is 4.90 Å². The summed E-state index contributed by atoms with van der Waals surface area (Å²) in [6.07, 6.45) is 5.81. The van der Waals surface area contributed by atoms with E-state index in [1.54, 1.807) is 17.1 Å². The topological polar surface area (TPSA) is 59.7 Å². The SMILES string of the molecule is CC(C)C1CCN(c2nc(Cl)nc(-n3cccn3)n2)CC1. The average molecular weight is 307 g/mol. The molecule has 0 radical (unpaired) electrons. The van der Waals surface area contributed by atoms with Gasteiger partial charge < -0.3 is 4.90 Å². The molecule has 1 saturated heterocycles. The molecular formula is C14H19ClN6. The maximum absolute atomic E-state index is 6.04. The number of aromatic nitrogens is 5. The summed E-state index contributed by atoms with van der Waals surface area (Å²) in [6, 6.07) is 1.82. The Kier molecular flexibility index (Phi) is 4.05. The van der Waals surface area contributed by atoms with Gasteiger partial charge in [0, 0.05) is 25.5 Å². The molecule has 0 atom stereocenters. The molecule has 112 valence electrons. The van der Waals surface area contributed by atoms with E-state index in [1.165, 1.54) is 0 Å². The van der Waals surface area contributed by atoms with Crippen molar-refractivity contribution in [1.29, 1.82) is 0 Å². The van der Waals surface area contributed by atoms with E-state index in [0.29, 0.717) is 11.9 Å². The highest BCUT2D eigenvalue weighted by molar-refractivity contribution is 6.28. The second kappa shape index (κ2) is 5.97. The molecule has 0 saturated carbocycles. The number of piperidine rings is 1. The highest BCUT2D eigenvalue weighted by Crippen LogP contribution is 2.26. The molecule has 21 heavy (non-hydrogen) atoms. The van der Waals surface area contributed by atoms with Gasteiger partial charge in [0.05, 0.1) is 0 Å². The monoisotopic (exact) mass is 306 g/mol. The second-order valence-electron chi connectivity index (χ2n) is 5.72. The fourth-order valence-electron chi connectivity index (χ4n) is 2.73. The standard InChI is InChI=1S/C14H19ClN6/c1-10(2)11-4-8-20(9-5-11)13-17-12(15)18-14(19-13)21-7-3-6-16-21/h3,6-7,10-11H,4-5,8-9H2,1-2H3. The lowest BCUT2D eigenvalue weighted by molar-refractivity contribution is 0.310. The van der Waals surface area contributed by atoms with Gasteiger partial charge in [0.25, 0.3) is 5.95 Å². The Morgan fingerprint density at radius 1 is 1.14 bits per heavy atom. The lowest BCUT2D eigenvalue weighted by atomic mass is 9.87. The quantitative estimate of drug-likeness (QED) is 0.872. The number of hydrogen-bond acceptors (Lipinski definition) is 5. The second-order valence-corrected chi connectivity index (χ2v) is 6.06. The smallest absolute Gasteiger partial charge is 0.256 e. The molecule has 0 N–H and O–H groups in total. The molecule has 1 aliphatic heterocycles. The number of halogens is 1. The summed E-state index contributed by atoms with van der Waals surface area (Å²) >= 11 is 6.04. The third kappa shape index (κ3) is 3.15. The minimum atomic E-state index is 0.205. The van der Waals surface area contributed by atoms with Crippen molar-refractivity contribution >= 4 is 17.5 Å². The Labute approximate surface area is 129 Å². The van der Waals surface area contributed by atoms with Gasteiger partial charge in [-0.1, -0.05) is 13.8 Å². The minimum absolute atomic E-state index is 0.205. The summed E-state index contributed by atoms with van der Waals surface area (Å²) in [5.41, 5.74) is 0. The summed E-state index contributed by atoms with van der Waals surface area (Å²) in [5, 5.41) is 4.34. The molecule has 0 aromatic carbocycles. The van der Waals surface area contributed by atoms with Crippen molar-refractivity contribution in [1.82, 2.24) is 24.7 Å². The summed E-state index contributed by atoms with van der Waals surface area (Å²) in [5.74, 6) is 2.61. The van der Waals surface area contributed by atoms with Crippen molar-refractivity contribution in [3.63, 3.8) is 0 Å². The third-order valence-corrected chi connectivity index (χ3v) is 4.23. The first kappa shape index (κ1) is 14.3. The summed E-state index contributed by atoms with van der Waals surface area (Å²) < 4.78 is 1.60. The molecule has 6 nitrogen and oxygen atoms in total. The van der Waals surface area contributed by atoms with Gasteiger partial charge in [-0.15, -0.1) is 0 Å². The lowest BCUT2D eigenvalue weighted by Gasteiger charge is -2.33. The number of nitrogens with zero attached hydrogens (tertiary/aromatic N) is 6. The van der Waals surface area contributed by atoms with E-state index < -0.39 is 0 Å². The van der Waals surface area contributed by atoms with E-state index in [0.717, 1.165) is 37.8 Å². The van der Waals surface area contributed by atoms with E-state index in [-0.39, 0.29) is 5.28 Å². The maximum Gasteiger partial charge on any atom is 0.256 e. The Morgan fingerprint density at radius 3 is 2.48 bits per heavy atom. The van der Waals surface area contributed by atoms with Gasteiger partial charge >= 0.3 is 0 Å². The Hall–Kier alpha value is -1.69. The van der Waals surface area contributed by atoms with E-state index in [9.17, 15) is 0 Å². The zero-order valence-electron chi connectivity index (χ0n) is 12.3. The van der Waals surface area contributed by atoms with E-state index in [1.807, 2.05) is 6.07 Å². The molecule has 0 aliphatic carbocycles. The van der Waals surface area contributed by atoms with Crippen molar-refractivity contribution in [2.45, 2.75) is 26.7 Å². The van der Waals surface area contributed by atoms with Crippen molar-refractivity contribution in [2.24, 2.45) is 11.8 Å². The van der Waals surface area contributed by atoms with Crippen LogP contribution >= 0.6 is 11.6 Å². The highest BCUT2D eigenvalue weighted by Gasteiger charge is 2.23. The van der Waals surface area contributed by atoms with E-state index in [2.05, 4.69) is 38.8 Å². The van der Waals surface area contributed by atoms with Gasteiger partial charge in [-0.05, 0) is 42.3 Å². The molecule has 0 spiro atoms. The molecule has 7 heteroatoms. The zero-order valence-corrected chi connectivity index (χ0v) is 13.0. The van der Waals surface area contributed by atoms with Crippen LogP contribution in [0.3, 0.4) is 0 Å². The minimum Gasteiger partial charge on any atom is -0.341 e. The van der Waals surface area contributed by atoms with Crippen LogP contribution in [0.2, 0.25) is 5.28 Å². The molecule has 0 unspecified atom stereocenters. The van der Waals surface area contributed by atoms with Crippen LogP contribution in [-0.4, -0.2) is 37.8 Å². The highest BCUT2D eigenvalue weighted by atomic mass is 35.5. The third-order valence-electron chi connectivity index (χ3n) is 4.06. The molecule has 2 aromatic rings. The van der Waals surface area contributed by atoms with Gasteiger partial charge in [0.15, 0.2) is 0 Å². The zero-order chi connectivity index (χ0) is 14.8. The van der Waals surface area contributed by atoms with E-state index >= 15 is 0 Å². The average Bonchev–Trinajstić information content (AvgIpc) is 3.01. The number of rotatable bonds is 3. The van der Waals surface area contributed by atoms with Crippen molar-refractivity contribution in [3.8, 4) is 5.95 Å². The molecule has 0 bridgehead atoms.